The van der Waals surface area contributed by atoms with E-state index in [0.717, 1.165) is 86.9 Å². The molecule has 4 aliphatic heterocycles. The number of amidine groups is 2. The second-order valence-corrected chi connectivity index (χ2v) is 16.1. The Hall–Kier alpha value is -3.18. The molecule has 0 spiro atoms. The van der Waals surface area contributed by atoms with Gasteiger partial charge in [0.2, 0.25) is 0 Å². The predicted octanol–water partition coefficient (Wildman–Crippen LogP) is 6.66. The van der Waals surface area contributed by atoms with Gasteiger partial charge in [-0.25, -0.2) is 0 Å². The molecule has 12 heteroatoms. The van der Waals surface area contributed by atoms with E-state index in [1.165, 1.54) is 11.1 Å². The third-order valence-corrected chi connectivity index (χ3v) is 11.6. The van der Waals surface area contributed by atoms with Gasteiger partial charge in [-0.1, -0.05) is 47.5 Å². The molecule has 0 bridgehead atoms. The summed E-state index contributed by atoms with van der Waals surface area (Å²) >= 11 is 12.0. The van der Waals surface area contributed by atoms with Gasteiger partial charge in [-0.3, -0.25) is 14.5 Å². The summed E-state index contributed by atoms with van der Waals surface area (Å²) in [6.07, 6.45) is 8.35. The lowest BCUT2D eigenvalue weighted by Gasteiger charge is -2.49. The monoisotopic (exact) mass is 754 g/mol. The molecule has 0 amide bonds. The summed E-state index contributed by atoms with van der Waals surface area (Å²) < 4.78 is 10.6. The van der Waals surface area contributed by atoms with Crippen molar-refractivity contribution < 1.29 is 19.1 Å². The maximum atomic E-state index is 12.8. The van der Waals surface area contributed by atoms with Crippen LogP contribution in [0, 0.1) is 10.8 Å². The van der Waals surface area contributed by atoms with Crippen LogP contribution in [0.3, 0.4) is 0 Å². The number of carbonyl (C=O) groups excluding carboxylic acids is 2. The van der Waals surface area contributed by atoms with E-state index in [1.807, 2.05) is 45.0 Å². The van der Waals surface area contributed by atoms with E-state index in [0.29, 0.717) is 50.1 Å². The number of benzene rings is 2. The molecule has 2 aromatic rings. The zero-order chi connectivity index (χ0) is 37.3. The van der Waals surface area contributed by atoms with E-state index in [1.54, 1.807) is 0 Å². The Morgan fingerprint density at radius 2 is 1.38 bits per heavy atom. The highest BCUT2D eigenvalue weighted by Gasteiger charge is 2.45. The molecule has 0 radical (unpaired) electrons. The number of nitrogens with zero attached hydrogens (tertiary/aromatic N) is 4. The molecular weight excluding hydrogens is 699 g/mol. The molecule has 4 aliphatic rings. The van der Waals surface area contributed by atoms with Crippen LogP contribution in [0.2, 0.25) is 10.0 Å². The van der Waals surface area contributed by atoms with E-state index >= 15 is 0 Å². The minimum Gasteiger partial charge on any atom is -0.466 e. The van der Waals surface area contributed by atoms with Crippen LogP contribution in [-0.2, 0) is 31.9 Å². The van der Waals surface area contributed by atoms with Crippen molar-refractivity contribution >= 4 is 46.8 Å². The summed E-state index contributed by atoms with van der Waals surface area (Å²) in [5.41, 5.74) is 7.53. The molecule has 0 aromatic heterocycles. The summed E-state index contributed by atoms with van der Waals surface area (Å²) in [6, 6.07) is 17.4. The third-order valence-electron chi connectivity index (χ3n) is 11.1. The minimum absolute atomic E-state index is 0.0692. The van der Waals surface area contributed by atoms with Crippen molar-refractivity contribution in [2.75, 3.05) is 39.4 Å². The predicted molar refractivity (Wildman–Crippen MR) is 209 cm³/mol. The van der Waals surface area contributed by atoms with Gasteiger partial charge in [-0.15, -0.1) is 10.2 Å². The topological polar surface area (TPSA) is 122 Å². The van der Waals surface area contributed by atoms with E-state index in [4.69, 9.17) is 38.4 Å². The average Bonchev–Trinajstić information content (AvgIpc) is 3.58. The normalized spacial score (nSPS) is 26.8. The SMILES string of the molecule is CCOC(=O)C1(C)CCC(Cc2ccc(Cl)cc2)NC1.CCOC(=O)C1(C)CC[C@H](Cc2ccc(Cl)cc2)N(C2CCN(C3=NN=C(N)C3)CC2)C1. The zero-order valence-electron chi connectivity index (χ0n) is 31.2. The number of ether oxygens (including phenoxy) is 2. The maximum absolute atomic E-state index is 12.8. The Bertz CT molecular complexity index is 1550. The van der Waals surface area contributed by atoms with Crippen LogP contribution in [0.4, 0.5) is 0 Å². The lowest BCUT2D eigenvalue weighted by Crippen LogP contribution is -2.58. The summed E-state index contributed by atoms with van der Waals surface area (Å²) in [7, 11) is 0. The van der Waals surface area contributed by atoms with Crippen molar-refractivity contribution in [3.63, 3.8) is 0 Å². The van der Waals surface area contributed by atoms with Gasteiger partial charge >= 0.3 is 11.9 Å². The Morgan fingerprint density at radius 3 is 1.90 bits per heavy atom. The second kappa shape index (κ2) is 18.2. The number of piperidine rings is 3. The van der Waals surface area contributed by atoms with Gasteiger partial charge in [0, 0.05) is 54.3 Å². The van der Waals surface area contributed by atoms with Gasteiger partial charge in [0.15, 0.2) is 0 Å². The highest BCUT2D eigenvalue weighted by Crippen LogP contribution is 2.38. The molecule has 0 saturated carbocycles. The van der Waals surface area contributed by atoms with Crippen LogP contribution < -0.4 is 11.1 Å². The van der Waals surface area contributed by atoms with Crippen LogP contribution in [-0.4, -0.2) is 90.9 Å². The first kappa shape index (κ1) is 40.0. The number of halogens is 2. The number of nitrogens with two attached hydrogens (primary N) is 1. The van der Waals surface area contributed by atoms with Gasteiger partial charge < -0.3 is 25.4 Å². The van der Waals surface area contributed by atoms with Crippen LogP contribution in [0.25, 0.3) is 0 Å². The largest absolute Gasteiger partial charge is 0.466 e. The van der Waals surface area contributed by atoms with Crippen LogP contribution in [0.15, 0.2) is 58.7 Å². The summed E-state index contributed by atoms with van der Waals surface area (Å²) in [4.78, 5) is 29.6. The fraction of sp³-hybridized carbons (Fsp3) is 0.600. The highest BCUT2D eigenvalue weighted by atomic mass is 35.5. The lowest BCUT2D eigenvalue weighted by atomic mass is 9.77. The number of esters is 2. The number of carbonyl (C=O) groups is 2. The molecule has 6 rings (SSSR count). The molecule has 4 atom stereocenters. The van der Waals surface area contributed by atoms with Gasteiger partial charge in [0.1, 0.15) is 11.7 Å². The standard InChI is InChI=1S/C24H34ClN5O2.C16H22ClNO2/c1-3-32-23(31)24(2)11-8-20(14-17-4-6-18(25)7-5-17)30(16-24)19-9-12-29(13-10-19)22-15-21(26)27-28-22;1-3-20-15(19)16(2)9-8-14(18-11-16)10-12-4-6-13(17)7-5-12/h4-7,19-20H,3,8-16H2,1-2H3,(H2,26,27);4-7,14,18H,3,8-11H2,1-2H3/t20-,24?;/m1./s1. The molecule has 52 heavy (non-hydrogen) atoms. The number of hydrogen-bond acceptors (Lipinski definition) is 10. The number of nitrogens with one attached hydrogen (secondary N) is 1. The fourth-order valence-electron chi connectivity index (χ4n) is 7.87. The fourth-order valence-corrected chi connectivity index (χ4v) is 8.12. The summed E-state index contributed by atoms with van der Waals surface area (Å²) in [5, 5.41) is 13.2. The molecule has 10 nitrogen and oxygen atoms in total. The quantitative estimate of drug-likeness (QED) is 0.273. The Morgan fingerprint density at radius 1 is 0.827 bits per heavy atom. The number of likely N-dealkylation sites (tertiary alicyclic amines) is 2. The van der Waals surface area contributed by atoms with Crippen LogP contribution in [0.1, 0.15) is 83.8 Å². The molecule has 3 N–H and O–H groups in total. The molecule has 2 aromatic carbocycles. The average molecular weight is 756 g/mol. The molecule has 4 heterocycles. The van der Waals surface area contributed by atoms with Gasteiger partial charge in [-0.2, -0.15) is 0 Å². The van der Waals surface area contributed by atoms with Gasteiger partial charge in [0.05, 0.1) is 30.5 Å². The maximum Gasteiger partial charge on any atom is 0.313 e. The van der Waals surface area contributed by atoms with Crippen LogP contribution >= 0.6 is 23.2 Å². The molecule has 3 unspecified atom stereocenters. The first-order valence-electron chi connectivity index (χ1n) is 18.9. The molecule has 284 valence electrons. The van der Waals surface area contributed by atoms with Crippen molar-refractivity contribution in [3.05, 3.63) is 69.7 Å². The van der Waals surface area contributed by atoms with Gasteiger partial charge in [0.25, 0.3) is 0 Å². The van der Waals surface area contributed by atoms with E-state index in [9.17, 15) is 9.59 Å². The number of hydrogen-bond donors (Lipinski definition) is 2. The third kappa shape index (κ3) is 10.5. The van der Waals surface area contributed by atoms with Crippen molar-refractivity contribution in [1.82, 2.24) is 15.1 Å². The number of rotatable bonds is 9. The van der Waals surface area contributed by atoms with Crippen molar-refractivity contribution in [1.29, 1.82) is 0 Å². The summed E-state index contributed by atoms with van der Waals surface area (Å²) in [6.45, 7) is 11.9. The minimum atomic E-state index is -0.457. The Balaban J connectivity index is 0.000000225. The van der Waals surface area contributed by atoms with E-state index < -0.39 is 5.41 Å². The van der Waals surface area contributed by atoms with Gasteiger partial charge in [-0.05, 0) is 114 Å². The van der Waals surface area contributed by atoms with Crippen molar-refractivity contribution in [2.45, 2.75) is 104 Å². The lowest BCUT2D eigenvalue weighted by molar-refractivity contribution is -0.160. The Kier molecular flexibility index (Phi) is 14.0. The second-order valence-electron chi connectivity index (χ2n) is 15.2. The molecule has 0 aliphatic carbocycles. The Labute approximate surface area is 319 Å². The smallest absolute Gasteiger partial charge is 0.313 e. The molecule has 3 saturated heterocycles. The summed E-state index contributed by atoms with van der Waals surface area (Å²) in [5.74, 6) is 1.41. The van der Waals surface area contributed by atoms with E-state index in [-0.39, 0.29) is 17.4 Å². The molecule has 3 fully saturated rings. The molecular formula is C40H56Cl2N6O4. The van der Waals surface area contributed by atoms with E-state index in [2.05, 4.69) is 56.5 Å². The first-order valence-corrected chi connectivity index (χ1v) is 19.6. The van der Waals surface area contributed by atoms with Crippen molar-refractivity contribution in [2.24, 2.45) is 26.8 Å². The van der Waals surface area contributed by atoms with Crippen LogP contribution in [0.5, 0.6) is 0 Å². The first-order chi connectivity index (χ1) is 24.9. The highest BCUT2D eigenvalue weighted by molar-refractivity contribution is 6.30. The zero-order valence-corrected chi connectivity index (χ0v) is 32.7. The van der Waals surface area contributed by atoms with Crippen molar-refractivity contribution in [3.8, 4) is 0 Å².